The number of Topliss-reactive ketones (excluding diaryl/α,β-unsaturated/α-hetero) is 1. The predicted octanol–water partition coefficient (Wildman–Crippen LogP) is 2.58. The number of hydrogen-bond acceptors (Lipinski definition) is 7. The summed E-state index contributed by atoms with van der Waals surface area (Å²) in [6.07, 6.45) is 1.47. The molecule has 0 saturated carbocycles. The average molecular weight is 453 g/mol. The Labute approximate surface area is 187 Å². The number of rotatable bonds is 5. The molecule has 0 bridgehead atoms. The van der Waals surface area contributed by atoms with Crippen molar-refractivity contribution in [3.63, 3.8) is 0 Å². The highest BCUT2D eigenvalue weighted by Crippen LogP contribution is 2.49. The fraction of sp³-hybridized carbons (Fsp3) is 0.348. The fourth-order valence-corrected chi connectivity index (χ4v) is 5.50. The molecule has 0 aliphatic carbocycles. The second kappa shape index (κ2) is 7.73. The molecule has 33 heavy (non-hydrogen) atoms. The van der Waals surface area contributed by atoms with Crippen molar-refractivity contribution in [2.75, 3.05) is 18.6 Å². The molecule has 2 aromatic carbocycles. The van der Waals surface area contributed by atoms with Crippen molar-refractivity contribution in [3.05, 3.63) is 64.0 Å². The number of carbonyl (C=O) groups excluding carboxylic acids is 3. The lowest BCUT2D eigenvalue weighted by atomic mass is 9.85. The lowest BCUT2D eigenvalue weighted by Gasteiger charge is -2.28. The van der Waals surface area contributed by atoms with E-state index in [1.54, 1.807) is 0 Å². The number of nitrogens with zero attached hydrogens (tertiary/aromatic N) is 3. The molecule has 0 unspecified atom stereocenters. The molecule has 0 spiro atoms. The van der Waals surface area contributed by atoms with E-state index in [1.165, 1.54) is 43.5 Å². The molecule has 0 radical (unpaired) electrons. The number of hydrogen-bond donors (Lipinski definition) is 0. The van der Waals surface area contributed by atoms with Gasteiger partial charge in [-0.25, -0.2) is 9.29 Å². The van der Waals surface area contributed by atoms with Crippen LogP contribution >= 0.6 is 0 Å². The SMILES string of the molecule is COc1cc([N+](=O)[O-])ccc1N1C(=O)[C@H]2[C@H](C1=O)[C@@H](C(=O)c1ccc(F)cc1)N1CCC[C@H]21. The minimum absolute atomic E-state index is 0.0237. The molecule has 0 aromatic heterocycles. The van der Waals surface area contributed by atoms with Gasteiger partial charge in [0.1, 0.15) is 11.6 Å². The van der Waals surface area contributed by atoms with Crippen molar-refractivity contribution in [2.45, 2.75) is 24.9 Å². The summed E-state index contributed by atoms with van der Waals surface area (Å²) in [5.74, 6) is -3.34. The van der Waals surface area contributed by atoms with Gasteiger partial charge < -0.3 is 4.74 Å². The minimum Gasteiger partial charge on any atom is -0.494 e. The van der Waals surface area contributed by atoms with E-state index in [9.17, 15) is 28.9 Å². The molecule has 2 aromatic rings. The smallest absolute Gasteiger partial charge is 0.273 e. The van der Waals surface area contributed by atoms with E-state index in [0.29, 0.717) is 13.0 Å². The van der Waals surface area contributed by atoms with Crippen molar-refractivity contribution >= 4 is 29.0 Å². The molecule has 0 N–H and O–H groups in total. The molecule has 5 rings (SSSR count). The molecular formula is C23H20FN3O6. The number of nitro groups is 1. The number of halogens is 1. The van der Waals surface area contributed by atoms with Gasteiger partial charge in [0.15, 0.2) is 5.78 Å². The summed E-state index contributed by atoms with van der Waals surface area (Å²) in [5.41, 5.74) is 0.158. The van der Waals surface area contributed by atoms with Crippen LogP contribution in [0.3, 0.4) is 0 Å². The number of ketones is 1. The summed E-state index contributed by atoms with van der Waals surface area (Å²) in [7, 11) is 1.30. The van der Waals surface area contributed by atoms with Gasteiger partial charge in [-0.2, -0.15) is 0 Å². The first kappa shape index (κ1) is 21.2. The van der Waals surface area contributed by atoms with Crippen molar-refractivity contribution in [1.82, 2.24) is 4.90 Å². The Kier molecular flexibility index (Phi) is 4.97. The average Bonchev–Trinajstić information content (AvgIpc) is 3.45. The number of benzene rings is 2. The summed E-state index contributed by atoms with van der Waals surface area (Å²) in [6.45, 7) is 0.594. The second-order valence-electron chi connectivity index (χ2n) is 8.44. The summed E-state index contributed by atoms with van der Waals surface area (Å²) in [5, 5.41) is 11.1. The van der Waals surface area contributed by atoms with E-state index < -0.39 is 40.4 Å². The molecule has 170 valence electrons. The number of fused-ring (bicyclic) bond motifs is 3. The van der Waals surface area contributed by atoms with E-state index in [4.69, 9.17) is 4.74 Å². The third-order valence-electron chi connectivity index (χ3n) is 6.86. The van der Waals surface area contributed by atoms with Crippen molar-refractivity contribution in [2.24, 2.45) is 11.8 Å². The number of anilines is 1. The van der Waals surface area contributed by atoms with Gasteiger partial charge in [0.2, 0.25) is 11.8 Å². The Morgan fingerprint density at radius 2 is 1.82 bits per heavy atom. The standard InChI is InChI=1S/C23H20FN3O6/c1-33-17-11-14(27(31)32)8-9-15(17)26-22(29)18-16-3-2-10-25(16)20(19(18)23(26)30)21(28)12-4-6-13(24)7-5-12/h4-9,11,16,18-20H,2-3,10H2,1H3/t16-,18-,19+,20+/m1/s1. The lowest BCUT2D eigenvalue weighted by molar-refractivity contribution is -0.384. The van der Waals surface area contributed by atoms with Gasteiger partial charge in [-0.3, -0.25) is 29.4 Å². The zero-order valence-electron chi connectivity index (χ0n) is 17.6. The van der Waals surface area contributed by atoms with E-state index in [-0.39, 0.29) is 34.5 Å². The zero-order chi connectivity index (χ0) is 23.4. The molecule has 10 heteroatoms. The molecular weight excluding hydrogens is 433 g/mol. The maximum Gasteiger partial charge on any atom is 0.273 e. The first-order valence-corrected chi connectivity index (χ1v) is 10.6. The van der Waals surface area contributed by atoms with Gasteiger partial charge in [-0.05, 0) is 49.7 Å². The molecule has 3 aliphatic rings. The molecule has 3 aliphatic heterocycles. The van der Waals surface area contributed by atoms with E-state index in [0.717, 1.165) is 17.4 Å². The Morgan fingerprint density at radius 3 is 2.48 bits per heavy atom. The first-order chi connectivity index (χ1) is 15.8. The van der Waals surface area contributed by atoms with Gasteiger partial charge in [-0.15, -0.1) is 0 Å². The topological polar surface area (TPSA) is 110 Å². The van der Waals surface area contributed by atoms with Crippen LogP contribution in [0.25, 0.3) is 0 Å². The summed E-state index contributed by atoms with van der Waals surface area (Å²) < 4.78 is 18.6. The normalized spacial score (nSPS) is 26.4. The van der Waals surface area contributed by atoms with Crippen LogP contribution in [0.4, 0.5) is 15.8 Å². The Balaban J connectivity index is 1.55. The predicted molar refractivity (Wildman–Crippen MR) is 113 cm³/mol. The number of non-ortho nitro benzene ring substituents is 1. The van der Waals surface area contributed by atoms with Crippen molar-refractivity contribution in [1.29, 1.82) is 0 Å². The third-order valence-corrected chi connectivity index (χ3v) is 6.86. The molecule has 4 atom stereocenters. The number of amides is 2. The van der Waals surface area contributed by atoms with E-state index >= 15 is 0 Å². The van der Waals surface area contributed by atoms with Crippen LogP contribution in [0.5, 0.6) is 5.75 Å². The largest absolute Gasteiger partial charge is 0.494 e. The number of imide groups is 1. The van der Waals surface area contributed by atoms with Crippen LogP contribution in [0.15, 0.2) is 42.5 Å². The zero-order valence-corrected chi connectivity index (χ0v) is 17.6. The number of carbonyl (C=O) groups is 3. The van der Waals surface area contributed by atoms with Crippen LogP contribution in [-0.4, -0.2) is 53.2 Å². The maximum absolute atomic E-state index is 13.6. The number of ether oxygens (including phenoxy) is 1. The van der Waals surface area contributed by atoms with Crippen LogP contribution in [-0.2, 0) is 9.59 Å². The van der Waals surface area contributed by atoms with E-state index in [2.05, 4.69) is 0 Å². The Hall–Kier alpha value is -3.66. The highest BCUT2D eigenvalue weighted by molar-refractivity contribution is 6.25. The van der Waals surface area contributed by atoms with Crippen LogP contribution in [0, 0.1) is 27.8 Å². The Bertz CT molecular complexity index is 1180. The van der Waals surface area contributed by atoms with Crippen molar-refractivity contribution in [3.8, 4) is 5.75 Å². The molecule has 9 nitrogen and oxygen atoms in total. The van der Waals surface area contributed by atoms with Crippen LogP contribution in [0.2, 0.25) is 0 Å². The van der Waals surface area contributed by atoms with Gasteiger partial charge in [0.05, 0.1) is 41.7 Å². The van der Waals surface area contributed by atoms with Crippen LogP contribution < -0.4 is 9.64 Å². The lowest BCUT2D eigenvalue weighted by Crippen LogP contribution is -2.46. The molecule has 3 saturated heterocycles. The highest BCUT2D eigenvalue weighted by atomic mass is 19.1. The van der Waals surface area contributed by atoms with Gasteiger partial charge in [-0.1, -0.05) is 0 Å². The number of nitro benzene ring substituents is 1. The second-order valence-corrected chi connectivity index (χ2v) is 8.44. The molecule has 3 fully saturated rings. The fourth-order valence-electron chi connectivity index (χ4n) is 5.50. The molecule has 3 heterocycles. The summed E-state index contributed by atoms with van der Waals surface area (Å²) in [6, 6.07) is 7.74. The minimum atomic E-state index is -0.889. The van der Waals surface area contributed by atoms with Crippen molar-refractivity contribution < 1.29 is 28.4 Å². The maximum atomic E-state index is 13.6. The van der Waals surface area contributed by atoms with E-state index in [1.807, 2.05) is 4.90 Å². The third kappa shape index (κ3) is 3.12. The monoisotopic (exact) mass is 453 g/mol. The quantitative estimate of drug-likeness (QED) is 0.296. The summed E-state index contributed by atoms with van der Waals surface area (Å²) >= 11 is 0. The van der Waals surface area contributed by atoms with Crippen LogP contribution in [0.1, 0.15) is 23.2 Å². The Morgan fingerprint density at radius 1 is 1.12 bits per heavy atom. The molecule has 2 amide bonds. The van der Waals surface area contributed by atoms with Gasteiger partial charge in [0.25, 0.3) is 5.69 Å². The van der Waals surface area contributed by atoms with Gasteiger partial charge >= 0.3 is 0 Å². The highest BCUT2D eigenvalue weighted by Gasteiger charge is 2.65. The first-order valence-electron chi connectivity index (χ1n) is 10.6. The van der Waals surface area contributed by atoms with Gasteiger partial charge in [0, 0.05) is 17.7 Å². The summed E-state index contributed by atoms with van der Waals surface area (Å²) in [4.78, 5) is 54.0. The number of methoxy groups -OCH3 is 1.